The lowest BCUT2D eigenvalue weighted by Gasteiger charge is -2.11. The van der Waals surface area contributed by atoms with Crippen molar-refractivity contribution in [2.45, 2.75) is 30.4 Å². The van der Waals surface area contributed by atoms with Gasteiger partial charge in [0.1, 0.15) is 4.90 Å². The first-order valence-corrected chi connectivity index (χ1v) is 9.87. The van der Waals surface area contributed by atoms with Gasteiger partial charge < -0.3 is 5.11 Å². The van der Waals surface area contributed by atoms with Crippen LogP contribution in [0.15, 0.2) is 65.8 Å². The first-order valence-electron chi connectivity index (χ1n) is 8.39. The van der Waals surface area contributed by atoms with Crippen LogP contribution in [0.1, 0.15) is 16.7 Å². The lowest BCUT2D eigenvalue weighted by atomic mass is 10.1. The Hall–Kier alpha value is -2.64. The van der Waals surface area contributed by atoms with E-state index in [0.29, 0.717) is 25.1 Å². The maximum atomic E-state index is 12.7. The number of rotatable bonds is 5. The van der Waals surface area contributed by atoms with Gasteiger partial charge in [-0.3, -0.25) is 9.40 Å². The highest BCUT2D eigenvalue weighted by Crippen LogP contribution is 2.30. The van der Waals surface area contributed by atoms with E-state index in [1.807, 2.05) is 36.4 Å². The molecule has 0 fully saturated rings. The number of benzene rings is 2. The van der Waals surface area contributed by atoms with Crippen LogP contribution in [0.2, 0.25) is 0 Å². The topological polar surface area (TPSA) is 84.2 Å². The highest BCUT2D eigenvalue weighted by molar-refractivity contribution is 7.92. The smallest absolute Gasteiger partial charge is 0.265 e. The summed E-state index contributed by atoms with van der Waals surface area (Å²) >= 11 is 0. The summed E-state index contributed by atoms with van der Waals surface area (Å²) in [5, 5.41) is 14.0. The first kappa shape index (κ1) is 16.8. The number of anilines is 1. The van der Waals surface area contributed by atoms with E-state index in [1.54, 1.807) is 16.8 Å². The molecule has 0 spiro atoms. The van der Waals surface area contributed by atoms with Crippen LogP contribution < -0.4 is 4.72 Å². The molecule has 0 saturated carbocycles. The van der Waals surface area contributed by atoms with Crippen molar-refractivity contribution in [3.05, 3.63) is 77.6 Å². The molecule has 0 unspecified atom stereocenters. The number of sulfonamides is 1. The van der Waals surface area contributed by atoms with Gasteiger partial charge in [0.2, 0.25) is 0 Å². The lowest BCUT2D eigenvalue weighted by Crippen LogP contribution is -2.14. The second kappa shape index (κ2) is 6.59. The molecule has 134 valence electrons. The van der Waals surface area contributed by atoms with E-state index >= 15 is 0 Å². The first-order chi connectivity index (χ1) is 12.5. The van der Waals surface area contributed by atoms with E-state index in [9.17, 15) is 13.5 Å². The molecule has 0 bridgehead atoms. The minimum Gasteiger partial charge on any atom is -0.392 e. The van der Waals surface area contributed by atoms with Crippen LogP contribution in [-0.4, -0.2) is 29.4 Å². The van der Waals surface area contributed by atoms with Crippen LogP contribution in [0, 0.1) is 0 Å². The van der Waals surface area contributed by atoms with E-state index in [-0.39, 0.29) is 4.90 Å². The van der Waals surface area contributed by atoms with Crippen molar-refractivity contribution >= 4 is 15.7 Å². The van der Waals surface area contributed by atoms with Gasteiger partial charge in [0.05, 0.1) is 24.5 Å². The van der Waals surface area contributed by atoms with Crippen molar-refractivity contribution in [2.24, 2.45) is 0 Å². The summed E-state index contributed by atoms with van der Waals surface area (Å²) in [5.74, 6) is 0. The van der Waals surface area contributed by atoms with Crippen LogP contribution in [0.4, 0.5) is 5.69 Å². The van der Waals surface area contributed by atoms with Gasteiger partial charge in [0.15, 0.2) is 0 Å². The van der Waals surface area contributed by atoms with Crippen LogP contribution in [0.3, 0.4) is 0 Å². The molecule has 26 heavy (non-hydrogen) atoms. The van der Waals surface area contributed by atoms with E-state index < -0.39 is 16.1 Å². The minimum atomic E-state index is -3.74. The molecule has 6 nitrogen and oxygen atoms in total. The predicted octanol–water partition coefficient (Wildman–Crippen LogP) is 2.19. The van der Waals surface area contributed by atoms with Gasteiger partial charge in [-0.1, -0.05) is 42.5 Å². The highest BCUT2D eigenvalue weighted by Gasteiger charge is 2.25. The Morgan fingerprint density at radius 3 is 2.73 bits per heavy atom. The molecule has 4 rings (SSSR count). The summed E-state index contributed by atoms with van der Waals surface area (Å²) in [4.78, 5) is 0.115. The Morgan fingerprint density at radius 1 is 1.12 bits per heavy atom. The van der Waals surface area contributed by atoms with Crippen molar-refractivity contribution in [3.8, 4) is 0 Å². The highest BCUT2D eigenvalue weighted by atomic mass is 32.2. The molecule has 1 aromatic heterocycles. The van der Waals surface area contributed by atoms with Crippen molar-refractivity contribution < 1.29 is 13.5 Å². The molecule has 2 aromatic carbocycles. The molecule has 0 saturated heterocycles. The maximum Gasteiger partial charge on any atom is 0.265 e. The van der Waals surface area contributed by atoms with Gasteiger partial charge >= 0.3 is 0 Å². The number of fused-ring (bicyclic) bond motifs is 1. The molecule has 1 aliphatic rings. The fourth-order valence-corrected chi connectivity index (χ4v) is 4.31. The molecule has 3 aromatic rings. The fraction of sp³-hybridized carbons (Fsp3) is 0.211. The molecule has 0 radical (unpaired) electrons. The number of aliphatic hydroxyl groups excluding tert-OH is 1. The molecule has 0 aliphatic heterocycles. The molecular weight excluding hydrogens is 350 g/mol. The number of aromatic nitrogens is 2. The lowest BCUT2D eigenvalue weighted by molar-refractivity contribution is 0.187. The third-order valence-electron chi connectivity index (χ3n) is 4.52. The molecule has 1 aliphatic carbocycles. The molecule has 7 heteroatoms. The van der Waals surface area contributed by atoms with E-state index in [4.69, 9.17) is 0 Å². The van der Waals surface area contributed by atoms with Gasteiger partial charge in [-0.25, -0.2) is 8.42 Å². The predicted molar refractivity (Wildman–Crippen MR) is 98.4 cm³/mol. The quantitative estimate of drug-likeness (QED) is 0.722. The Morgan fingerprint density at radius 2 is 1.92 bits per heavy atom. The fourth-order valence-electron chi connectivity index (χ4n) is 3.27. The van der Waals surface area contributed by atoms with Crippen LogP contribution in [0.25, 0.3) is 0 Å². The summed E-state index contributed by atoms with van der Waals surface area (Å²) in [7, 11) is -3.74. The van der Waals surface area contributed by atoms with Gasteiger partial charge in [-0.2, -0.15) is 5.10 Å². The Bertz CT molecular complexity index is 1030. The third kappa shape index (κ3) is 3.36. The molecule has 0 amide bonds. The SMILES string of the molecule is O=S(=O)(Nc1cccc2c1C[C@H](O)C2)c1cnn(Cc2ccccc2)c1. The number of hydrogen-bond donors (Lipinski definition) is 2. The monoisotopic (exact) mass is 369 g/mol. The summed E-state index contributed by atoms with van der Waals surface area (Å²) in [6.45, 7) is 0.503. The van der Waals surface area contributed by atoms with Gasteiger partial charge in [0.25, 0.3) is 10.0 Å². The maximum absolute atomic E-state index is 12.7. The second-order valence-corrected chi connectivity index (χ2v) is 8.15. The number of aliphatic hydroxyl groups is 1. The van der Waals surface area contributed by atoms with Crippen LogP contribution >= 0.6 is 0 Å². The summed E-state index contributed by atoms with van der Waals surface area (Å²) in [6, 6.07) is 15.2. The molecule has 2 N–H and O–H groups in total. The Kier molecular flexibility index (Phi) is 4.26. The molecule has 1 atom stereocenters. The van der Waals surface area contributed by atoms with E-state index in [1.165, 1.54) is 12.4 Å². The Balaban J connectivity index is 1.56. The molecule has 1 heterocycles. The van der Waals surface area contributed by atoms with Gasteiger partial charge in [0, 0.05) is 12.6 Å². The van der Waals surface area contributed by atoms with Crippen molar-refractivity contribution in [3.63, 3.8) is 0 Å². The molecular formula is C19H19N3O3S. The summed E-state index contributed by atoms with van der Waals surface area (Å²) in [5.41, 5.74) is 3.41. The van der Waals surface area contributed by atoms with Gasteiger partial charge in [-0.15, -0.1) is 0 Å². The van der Waals surface area contributed by atoms with Crippen molar-refractivity contribution in [1.29, 1.82) is 0 Å². The largest absolute Gasteiger partial charge is 0.392 e. The van der Waals surface area contributed by atoms with Crippen molar-refractivity contribution in [1.82, 2.24) is 9.78 Å². The zero-order chi connectivity index (χ0) is 18.1. The van der Waals surface area contributed by atoms with E-state index in [0.717, 1.165) is 16.7 Å². The van der Waals surface area contributed by atoms with Crippen LogP contribution in [0.5, 0.6) is 0 Å². The summed E-state index contributed by atoms with van der Waals surface area (Å²) in [6.07, 6.45) is 3.43. The Labute approximate surface area is 152 Å². The summed E-state index contributed by atoms with van der Waals surface area (Å²) < 4.78 is 29.7. The number of nitrogens with zero attached hydrogens (tertiary/aromatic N) is 2. The van der Waals surface area contributed by atoms with Gasteiger partial charge in [-0.05, 0) is 29.2 Å². The minimum absolute atomic E-state index is 0.115. The second-order valence-electron chi connectivity index (χ2n) is 6.47. The zero-order valence-electron chi connectivity index (χ0n) is 14.0. The van der Waals surface area contributed by atoms with E-state index in [2.05, 4.69) is 9.82 Å². The average Bonchev–Trinajstić information content (AvgIpc) is 3.22. The average molecular weight is 369 g/mol. The number of hydrogen-bond acceptors (Lipinski definition) is 4. The third-order valence-corrected chi connectivity index (χ3v) is 5.84. The standard InChI is InChI=1S/C19H19N3O3S/c23-16-9-15-7-4-8-19(18(15)10-16)21-26(24,25)17-11-20-22(13-17)12-14-5-2-1-3-6-14/h1-8,11,13,16,21,23H,9-10,12H2/t16-/m1/s1. The zero-order valence-corrected chi connectivity index (χ0v) is 14.9. The van der Waals surface area contributed by atoms with Crippen LogP contribution in [-0.2, 0) is 29.4 Å². The number of nitrogens with one attached hydrogen (secondary N) is 1. The van der Waals surface area contributed by atoms with Crippen molar-refractivity contribution in [2.75, 3.05) is 4.72 Å². The normalized spacial score (nSPS) is 16.4.